The zero-order valence-corrected chi connectivity index (χ0v) is 12.2. The number of rotatable bonds is 3. The number of pyridine rings is 1. The first-order chi connectivity index (χ1) is 10.5. The minimum absolute atomic E-state index is 0.109. The van der Waals surface area contributed by atoms with Crippen LogP contribution in [-0.4, -0.2) is 20.5 Å². The summed E-state index contributed by atoms with van der Waals surface area (Å²) in [7, 11) is 0. The number of benzene rings is 1. The van der Waals surface area contributed by atoms with Crippen molar-refractivity contribution in [1.29, 1.82) is 0 Å². The van der Waals surface area contributed by atoms with E-state index in [0.29, 0.717) is 11.3 Å². The number of carboxylic acids is 1. The van der Waals surface area contributed by atoms with E-state index < -0.39 is 5.97 Å². The van der Waals surface area contributed by atoms with E-state index in [0.717, 1.165) is 11.1 Å². The monoisotopic (exact) mass is 294 g/mol. The second-order valence-electron chi connectivity index (χ2n) is 5.06. The van der Waals surface area contributed by atoms with E-state index in [2.05, 4.69) is 15.2 Å². The van der Waals surface area contributed by atoms with Gasteiger partial charge in [0.2, 0.25) is 0 Å². The predicted octanol–water partition coefficient (Wildman–Crippen LogP) is 4.06. The van der Waals surface area contributed by atoms with Crippen molar-refractivity contribution < 1.29 is 9.90 Å². The lowest BCUT2D eigenvalue weighted by Gasteiger charge is -1.98. The molecule has 3 rings (SSSR count). The number of aromatic carboxylic acids is 1. The van der Waals surface area contributed by atoms with Gasteiger partial charge in [-0.15, -0.1) is 10.2 Å². The molecule has 0 fully saturated rings. The maximum atomic E-state index is 11.4. The van der Waals surface area contributed by atoms with Crippen molar-refractivity contribution in [3.63, 3.8) is 0 Å². The lowest BCUT2D eigenvalue weighted by Crippen LogP contribution is -1.96. The average molecular weight is 294 g/mol. The Kier molecular flexibility index (Phi) is 3.42. The van der Waals surface area contributed by atoms with Crippen LogP contribution in [-0.2, 0) is 0 Å². The minimum Gasteiger partial charge on any atom is -0.476 e. The van der Waals surface area contributed by atoms with E-state index in [9.17, 15) is 9.90 Å². The number of imidazole rings is 1. The molecule has 0 amide bonds. The Bertz CT molecular complexity index is 896. The van der Waals surface area contributed by atoms with Crippen LogP contribution in [0.2, 0.25) is 0 Å². The molecule has 2 heterocycles. The summed E-state index contributed by atoms with van der Waals surface area (Å²) < 4.78 is 1.64. The molecule has 0 aliphatic rings. The molecule has 0 atom stereocenters. The van der Waals surface area contributed by atoms with Gasteiger partial charge < -0.3 is 5.11 Å². The minimum atomic E-state index is -1.13. The first-order valence-corrected chi connectivity index (χ1v) is 6.75. The fourth-order valence-electron chi connectivity index (χ4n) is 2.17. The largest absolute Gasteiger partial charge is 0.476 e. The van der Waals surface area contributed by atoms with Crippen molar-refractivity contribution in [3.8, 4) is 0 Å². The first-order valence-electron chi connectivity index (χ1n) is 6.75. The molecule has 0 saturated carbocycles. The predicted molar refractivity (Wildman–Crippen MR) is 82.2 cm³/mol. The summed E-state index contributed by atoms with van der Waals surface area (Å²) in [5.74, 6) is -0.910. The summed E-state index contributed by atoms with van der Waals surface area (Å²) in [5, 5.41) is 17.5. The summed E-state index contributed by atoms with van der Waals surface area (Å²) in [6, 6.07) is 11.1. The van der Waals surface area contributed by atoms with E-state index in [4.69, 9.17) is 0 Å². The van der Waals surface area contributed by atoms with Crippen molar-refractivity contribution >= 4 is 23.1 Å². The third kappa shape index (κ3) is 2.58. The second kappa shape index (κ2) is 5.40. The molecule has 6 heteroatoms. The Morgan fingerprint density at radius 2 is 1.95 bits per heavy atom. The molecule has 0 saturated heterocycles. The molecule has 0 unspecified atom stereocenters. The SMILES string of the molecule is Cc1cccc(N=Nc2c(C(=O)O)nc3ccc(C)cn23)c1. The molecule has 22 heavy (non-hydrogen) atoms. The number of nitrogens with zero attached hydrogens (tertiary/aromatic N) is 4. The normalized spacial score (nSPS) is 11.4. The molecule has 1 aromatic carbocycles. The Morgan fingerprint density at radius 3 is 2.68 bits per heavy atom. The third-order valence-electron chi connectivity index (χ3n) is 3.21. The quantitative estimate of drug-likeness (QED) is 0.739. The topological polar surface area (TPSA) is 79.3 Å². The van der Waals surface area contributed by atoms with E-state index >= 15 is 0 Å². The van der Waals surface area contributed by atoms with Crippen LogP contribution in [0, 0.1) is 13.8 Å². The number of azo groups is 1. The number of hydrogen-bond donors (Lipinski definition) is 1. The van der Waals surface area contributed by atoms with Gasteiger partial charge >= 0.3 is 5.97 Å². The lowest BCUT2D eigenvalue weighted by molar-refractivity contribution is 0.0692. The number of fused-ring (bicyclic) bond motifs is 1. The van der Waals surface area contributed by atoms with Crippen LogP contribution < -0.4 is 0 Å². The molecule has 1 N–H and O–H groups in total. The average Bonchev–Trinajstić information content (AvgIpc) is 2.83. The highest BCUT2D eigenvalue weighted by molar-refractivity contribution is 5.91. The summed E-state index contributed by atoms with van der Waals surface area (Å²) in [4.78, 5) is 15.5. The maximum Gasteiger partial charge on any atom is 0.358 e. The Labute approximate surface area is 126 Å². The first kappa shape index (κ1) is 13.9. The fraction of sp³-hybridized carbons (Fsp3) is 0.125. The number of carbonyl (C=O) groups is 1. The third-order valence-corrected chi connectivity index (χ3v) is 3.21. The number of hydrogen-bond acceptors (Lipinski definition) is 4. The molecule has 2 aromatic heterocycles. The van der Waals surface area contributed by atoms with Gasteiger partial charge in [-0.3, -0.25) is 4.40 Å². The molecule has 0 radical (unpaired) electrons. The van der Waals surface area contributed by atoms with Gasteiger partial charge in [-0.1, -0.05) is 18.2 Å². The highest BCUT2D eigenvalue weighted by Gasteiger charge is 2.18. The Hall–Kier alpha value is -3.02. The van der Waals surface area contributed by atoms with Crippen molar-refractivity contribution in [3.05, 3.63) is 59.4 Å². The van der Waals surface area contributed by atoms with Gasteiger partial charge in [0.25, 0.3) is 0 Å². The van der Waals surface area contributed by atoms with Gasteiger partial charge in [-0.25, -0.2) is 9.78 Å². The summed E-state index contributed by atoms with van der Waals surface area (Å²) >= 11 is 0. The van der Waals surface area contributed by atoms with Crippen LogP contribution in [0.4, 0.5) is 11.5 Å². The Morgan fingerprint density at radius 1 is 1.14 bits per heavy atom. The molecule has 0 aliphatic carbocycles. The number of aromatic nitrogens is 2. The van der Waals surface area contributed by atoms with Crippen LogP contribution in [0.5, 0.6) is 0 Å². The molecule has 3 aromatic rings. The molecule has 0 aliphatic heterocycles. The highest BCUT2D eigenvalue weighted by Crippen LogP contribution is 2.25. The number of aryl methyl sites for hydroxylation is 2. The van der Waals surface area contributed by atoms with Crippen molar-refractivity contribution in [2.75, 3.05) is 0 Å². The lowest BCUT2D eigenvalue weighted by atomic mass is 10.2. The van der Waals surface area contributed by atoms with Crippen LogP contribution in [0.25, 0.3) is 5.65 Å². The van der Waals surface area contributed by atoms with Gasteiger partial charge in [0, 0.05) is 6.20 Å². The molecular formula is C16H14N4O2. The van der Waals surface area contributed by atoms with Crippen molar-refractivity contribution in [1.82, 2.24) is 9.38 Å². The highest BCUT2D eigenvalue weighted by atomic mass is 16.4. The maximum absolute atomic E-state index is 11.4. The van der Waals surface area contributed by atoms with Gasteiger partial charge in [-0.2, -0.15) is 0 Å². The fourth-order valence-corrected chi connectivity index (χ4v) is 2.17. The molecule has 0 bridgehead atoms. The van der Waals surface area contributed by atoms with E-state index in [1.807, 2.05) is 44.2 Å². The molecule has 6 nitrogen and oxygen atoms in total. The van der Waals surface area contributed by atoms with Gasteiger partial charge in [0.05, 0.1) is 5.69 Å². The summed E-state index contributed by atoms with van der Waals surface area (Å²) in [6.07, 6.45) is 1.79. The van der Waals surface area contributed by atoms with E-state index in [1.165, 1.54) is 0 Å². The van der Waals surface area contributed by atoms with E-state index in [1.54, 1.807) is 16.7 Å². The van der Waals surface area contributed by atoms with Crippen molar-refractivity contribution in [2.45, 2.75) is 13.8 Å². The Balaban J connectivity index is 2.14. The molecular weight excluding hydrogens is 280 g/mol. The van der Waals surface area contributed by atoms with Crippen LogP contribution in [0.1, 0.15) is 21.6 Å². The summed E-state index contributed by atoms with van der Waals surface area (Å²) in [6.45, 7) is 3.88. The zero-order valence-electron chi connectivity index (χ0n) is 12.2. The number of carboxylic acid groups (broad SMARTS) is 1. The van der Waals surface area contributed by atoms with E-state index in [-0.39, 0.29) is 11.5 Å². The molecule has 0 spiro atoms. The van der Waals surface area contributed by atoms with Gasteiger partial charge in [-0.05, 0) is 43.2 Å². The summed E-state index contributed by atoms with van der Waals surface area (Å²) in [5.41, 5.74) is 3.12. The second-order valence-corrected chi connectivity index (χ2v) is 5.06. The van der Waals surface area contributed by atoms with Crippen LogP contribution in [0.3, 0.4) is 0 Å². The van der Waals surface area contributed by atoms with Crippen molar-refractivity contribution in [2.24, 2.45) is 10.2 Å². The molecule has 110 valence electrons. The smallest absolute Gasteiger partial charge is 0.358 e. The van der Waals surface area contributed by atoms with Gasteiger partial charge in [0.1, 0.15) is 5.65 Å². The zero-order chi connectivity index (χ0) is 15.7. The standard InChI is InChI=1S/C16H14N4O2/c1-10-4-3-5-12(8-10)18-19-15-14(16(21)22)17-13-7-6-11(2)9-20(13)15/h3-9H,1-2H3,(H,21,22). The van der Waals surface area contributed by atoms with Crippen LogP contribution >= 0.6 is 0 Å². The van der Waals surface area contributed by atoms with Crippen LogP contribution in [0.15, 0.2) is 52.8 Å². The van der Waals surface area contributed by atoms with Gasteiger partial charge in [0.15, 0.2) is 11.5 Å².